The van der Waals surface area contributed by atoms with Gasteiger partial charge in [0.2, 0.25) is 5.91 Å². The van der Waals surface area contributed by atoms with Crippen molar-refractivity contribution in [2.24, 2.45) is 0 Å². The van der Waals surface area contributed by atoms with Gasteiger partial charge in [-0.1, -0.05) is 18.2 Å². The highest BCUT2D eigenvalue weighted by molar-refractivity contribution is 5.98. The molecule has 1 rings (SSSR count). The Labute approximate surface area is 148 Å². The van der Waals surface area contributed by atoms with Crippen molar-refractivity contribution in [3.63, 3.8) is 0 Å². The van der Waals surface area contributed by atoms with E-state index < -0.39 is 29.6 Å². The first-order valence-electron chi connectivity index (χ1n) is 8.16. The minimum Gasteiger partial charge on any atom is -0.465 e. The molecule has 0 bridgehead atoms. The van der Waals surface area contributed by atoms with Crippen LogP contribution in [0.15, 0.2) is 30.3 Å². The van der Waals surface area contributed by atoms with Crippen LogP contribution >= 0.6 is 0 Å². The summed E-state index contributed by atoms with van der Waals surface area (Å²) >= 11 is 0. The number of amides is 2. The van der Waals surface area contributed by atoms with Gasteiger partial charge in [0, 0.05) is 5.69 Å². The third-order valence-electron chi connectivity index (χ3n) is 3.10. The Hall–Kier alpha value is -2.57. The highest BCUT2D eigenvalue weighted by Gasteiger charge is 2.31. The van der Waals surface area contributed by atoms with Crippen LogP contribution in [-0.4, -0.2) is 42.8 Å². The smallest absolute Gasteiger partial charge is 0.415 e. The molecule has 7 heteroatoms. The molecule has 0 heterocycles. The third-order valence-corrected chi connectivity index (χ3v) is 3.10. The maximum absolute atomic E-state index is 12.6. The molecule has 1 aromatic rings. The fraction of sp³-hybridized carbons (Fsp3) is 0.500. The molecule has 0 spiro atoms. The number of nitrogens with zero attached hydrogens (tertiary/aromatic N) is 1. The monoisotopic (exact) mass is 350 g/mol. The molecule has 0 unspecified atom stereocenters. The lowest BCUT2D eigenvalue weighted by molar-refractivity contribution is -0.143. The van der Waals surface area contributed by atoms with Crippen LogP contribution in [0.3, 0.4) is 0 Å². The number of carbonyl (C=O) groups is 3. The van der Waals surface area contributed by atoms with E-state index in [9.17, 15) is 14.4 Å². The van der Waals surface area contributed by atoms with Gasteiger partial charge in [-0.3, -0.25) is 14.5 Å². The lowest BCUT2D eigenvalue weighted by Gasteiger charge is -2.31. The quantitative estimate of drug-likeness (QED) is 0.797. The van der Waals surface area contributed by atoms with Crippen molar-refractivity contribution >= 4 is 23.7 Å². The van der Waals surface area contributed by atoms with Crippen LogP contribution in [0.25, 0.3) is 0 Å². The number of hydrogen-bond acceptors (Lipinski definition) is 5. The molecule has 2 amide bonds. The summed E-state index contributed by atoms with van der Waals surface area (Å²) in [6.45, 7) is 8.48. The first-order valence-corrected chi connectivity index (χ1v) is 8.16. The van der Waals surface area contributed by atoms with E-state index in [1.807, 2.05) is 6.07 Å². The molecule has 25 heavy (non-hydrogen) atoms. The van der Waals surface area contributed by atoms with Crippen LogP contribution in [0.4, 0.5) is 10.5 Å². The van der Waals surface area contributed by atoms with Gasteiger partial charge >= 0.3 is 12.1 Å². The van der Waals surface area contributed by atoms with Gasteiger partial charge in [0.1, 0.15) is 18.2 Å². The van der Waals surface area contributed by atoms with E-state index in [2.05, 4.69) is 5.32 Å². The Morgan fingerprint density at radius 3 is 2.28 bits per heavy atom. The summed E-state index contributed by atoms with van der Waals surface area (Å²) in [5, 5.41) is 2.47. The minimum absolute atomic E-state index is 0.234. The zero-order chi connectivity index (χ0) is 19.0. The van der Waals surface area contributed by atoms with E-state index >= 15 is 0 Å². The van der Waals surface area contributed by atoms with Crippen molar-refractivity contribution in [3.8, 4) is 0 Å². The number of nitrogens with one attached hydrogen (secondary N) is 1. The number of para-hydroxylation sites is 1. The maximum Gasteiger partial charge on any atom is 0.415 e. The number of ether oxygens (including phenoxy) is 2. The molecule has 0 saturated carbocycles. The van der Waals surface area contributed by atoms with Crippen molar-refractivity contribution in [3.05, 3.63) is 30.3 Å². The van der Waals surface area contributed by atoms with Crippen LogP contribution in [0.2, 0.25) is 0 Å². The fourth-order valence-electron chi connectivity index (χ4n) is 2.02. The van der Waals surface area contributed by atoms with Crippen LogP contribution in [0.1, 0.15) is 34.6 Å². The van der Waals surface area contributed by atoms with Crippen LogP contribution in [-0.2, 0) is 19.1 Å². The van der Waals surface area contributed by atoms with Crippen molar-refractivity contribution < 1.29 is 23.9 Å². The second-order valence-corrected chi connectivity index (χ2v) is 6.38. The first kappa shape index (κ1) is 20.5. The molecular formula is C18H26N2O5. The highest BCUT2D eigenvalue weighted by Crippen LogP contribution is 2.20. The Morgan fingerprint density at radius 2 is 1.76 bits per heavy atom. The minimum atomic E-state index is -0.869. The standard InChI is InChI=1S/C18H26N2O5/c1-6-24-15(21)12-19-16(22)13(2)20(14-10-8-7-9-11-14)17(23)25-18(3,4)5/h7-11,13H,6,12H2,1-5H3,(H,19,22)/t13-/m0/s1. The predicted molar refractivity (Wildman–Crippen MR) is 94.3 cm³/mol. The number of hydrogen-bond donors (Lipinski definition) is 1. The van der Waals surface area contributed by atoms with E-state index in [4.69, 9.17) is 9.47 Å². The normalized spacial score (nSPS) is 12.0. The average molecular weight is 350 g/mol. The zero-order valence-electron chi connectivity index (χ0n) is 15.4. The molecule has 0 radical (unpaired) electrons. The lowest BCUT2D eigenvalue weighted by atomic mass is 10.2. The molecular weight excluding hydrogens is 324 g/mol. The number of esters is 1. The van der Waals surface area contributed by atoms with E-state index in [0.717, 1.165) is 0 Å². The van der Waals surface area contributed by atoms with Gasteiger partial charge in [-0.25, -0.2) is 4.79 Å². The van der Waals surface area contributed by atoms with Gasteiger partial charge in [0.25, 0.3) is 0 Å². The van der Waals surface area contributed by atoms with Crippen molar-refractivity contribution in [2.75, 3.05) is 18.1 Å². The summed E-state index contributed by atoms with van der Waals surface area (Å²) < 4.78 is 10.2. The van der Waals surface area contributed by atoms with E-state index in [0.29, 0.717) is 5.69 Å². The lowest BCUT2D eigenvalue weighted by Crippen LogP contribution is -2.50. The van der Waals surface area contributed by atoms with E-state index in [1.54, 1.807) is 58.9 Å². The Balaban J connectivity index is 2.93. The summed E-state index contributed by atoms with van der Waals surface area (Å²) in [7, 11) is 0. The van der Waals surface area contributed by atoms with Gasteiger partial charge in [-0.2, -0.15) is 0 Å². The molecule has 0 saturated heterocycles. The summed E-state index contributed by atoms with van der Waals surface area (Å²) in [6.07, 6.45) is -0.641. The number of benzene rings is 1. The molecule has 0 aromatic heterocycles. The molecule has 1 N–H and O–H groups in total. The molecule has 7 nitrogen and oxygen atoms in total. The fourth-order valence-corrected chi connectivity index (χ4v) is 2.02. The molecule has 0 aliphatic rings. The second-order valence-electron chi connectivity index (χ2n) is 6.38. The van der Waals surface area contributed by atoms with Gasteiger partial charge in [-0.05, 0) is 46.8 Å². The molecule has 0 aliphatic carbocycles. The van der Waals surface area contributed by atoms with Crippen molar-refractivity contribution in [2.45, 2.75) is 46.3 Å². The van der Waals surface area contributed by atoms with E-state index in [-0.39, 0.29) is 13.2 Å². The van der Waals surface area contributed by atoms with Crippen molar-refractivity contribution in [1.29, 1.82) is 0 Å². The number of anilines is 1. The van der Waals surface area contributed by atoms with Gasteiger partial charge < -0.3 is 14.8 Å². The average Bonchev–Trinajstić information content (AvgIpc) is 2.52. The van der Waals surface area contributed by atoms with Crippen LogP contribution < -0.4 is 10.2 Å². The Bertz CT molecular complexity index is 595. The second kappa shape index (κ2) is 9.05. The summed E-state index contributed by atoms with van der Waals surface area (Å²) in [5.74, 6) is -1.02. The van der Waals surface area contributed by atoms with Crippen molar-refractivity contribution in [1.82, 2.24) is 5.32 Å². The largest absolute Gasteiger partial charge is 0.465 e. The van der Waals surface area contributed by atoms with Crippen LogP contribution in [0, 0.1) is 0 Å². The molecule has 0 fully saturated rings. The zero-order valence-corrected chi connectivity index (χ0v) is 15.4. The number of rotatable bonds is 6. The Morgan fingerprint density at radius 1 is 1.16 bits per heavy atom. The third kappa shape index (κ3) is 6.82. The SMILES string of the molecule is CCOC(=O)CNC(=O)[C@H](C)N(C(=O)OC(C)(C)C)c1ccccc1. The van der Waals surface area contributed by atoms with Gasteiger partial charge in [0.05, 0.1) is 6.61 Å². The number of carbonyl (C=O) groups excluding carboxylic acids is 3. The molecule has 1 atom stereocenters. The first-order chi connectivity index (χ1) is 11.7. The summed E-state index contributed by atoms with van der Waals surface area (Å²) in [6, 6.07) is 7.87. The van der Waals surface area contributed by atoms with Crippen LogP contribution in [0.5, 0.6) is 0 Å². The molecule has 0 aliphatic heterocycles. The summed E-state index contributed by atoms with van der Waals surface area (Å²) in [5.41, 5.74) is -0.179. The molecule has 1 aromatic carbocycles. The maximum atomic E-state index is 12.6. The van der Waals surface area contributed by atoms with Gasteiger partial charge in [0.15, 0.2) is 0 Å². The molecule has 138 valence electrons. The summed E-state index contributed by atoms with van der Waals surface area (Å²) in [4.78, 5) is 37.6. The highest BCUT2D eigenvalue weighted by atomic mass is 16.6. The Kier molecular flexibility index (Phi) is 7.42. The van der Waals surface area contributed by atoms with E-state index in [1.165, 1.54) is 4.90 Å². The van der Waals surface area contributed by atoms with Gasteiger partial charge in [-0.15, -0.1) is 0 Å². The topological polar surface area (TPSA) is 84.9 Å². The predicted octanol–water partition coefficient (Wildman–Crippen LogP) is 2.50.